The van der Waals surface area contributed by atoms with Crippen LogP contribution >= 0.6 is 15.9 Å². The standard InChI is InChI=1S/C13H16BrN3O/c1-17-9-11(8-16-17)4-5-18-13-3-2-10(7-15)6-12(13)14/h2-3,6,8-9H,4-5,7,15H2,1H3. The highest BCUT2D eigenvalue weighted by atomic mass is 79.9. The number of nitrogens with zero attached hydrogens (tertiary/aromatic N) is 2. The molecule has 0 amide bonds. The maximum Gasteiger partial charge on any atom is 0.133 e. The van der Waals surface area contributed by atoms with Crippen LogP contribution in [0.25, 0.3) is 0 Å². The maximum atomic E-state index is 5.72. The molecule has 1 aromatic carbocycles. The Morgan fingerprint density at radius 1 is 1.39 bits per heavy atom. The first kappa shape index (κ1) is 13.1. The normalized spacial score (nSPS) is 10.6. The third-order valence-corrected chi connectivity index (χ3v) is 3.26. The van der Waals surface area contributed by atoms with Crippen molar-refractivity contribution >= 4 is 15.9 Å². The van der Waals surface area contributed by atoms with Gasteiger partial charge in [0.1, 0.15) is 5.75 Å². The van der Waals surface area contributed by atoms with Crippen LogP contribution in [0.15, 0.2) is 35.1 Å². The average Bonchev–Trinajstić information content (AvgIpc) is 2.77. The van der Waals surface area contributed by atoms with Gasteiger partial charge < -0.3 is 10.5 Å². The number of benzene rings is 1. The molecule has 0 atom stereocenters. The molecule has 0 radical (unpaired) electrons. The second kappa shape index (κ2) is 6.02. The molecule has 0 aliphatic carbocycles. The van der Waals surface area contributed by atoms with E-state index in [1.807, 2.05) is 37.6 Å². The fraction of sp³-hybridized carbons (Fsp3) is 0.308. The molecule has 0 unspecified atom stereocenters. The first-order valence-electron chi connectivity index (χ1n) is 5.78. The molecule has 0 saturated carbocycles. The Labute approximate surface area is 115 Å². The first-order valence-corrected chi connectivity index (χ1v) is 6.57. The van der Waals surface area contributed by atoms with E-state index in [1.165, 1.54) is 5.56 Å². The van der Waals surface area contributed by atoms with Crippen LogP contribution in [0.4, 0.5) is 0 Å². The van der Waals surface area contributed by atoms with Crippen LogP contribution in [-0.2, 0) is 20.0 Å². The third-order valence-electron chi connectivity index (χ3n) is 2.64. The van der Waals surface area contributed by atoms with Crippen molar-refractivity contribution in [2.24, 2.45) is 12.8 Å². The Hall–Kier alpha value is -1.33. The average molecular weight is 310 g/mol. The maximum absolute atomic E-state index is 5.72. The summed E-state index contributed by atoms with van der Waals surface area (Å²) in [5.41, 5.74) is 7.83. The second-order valence-electron chi connectivity index (χ2n) is 4.09. The summed E-state index contributed by atoms with van der Waals surface area (Å²) in [5.74, 6) is 0.844. The van der Waals surface area contributed by atoms with E-state index in [9.17, 15) is 0 Å². The van der Waals surface area contributed by atoms with Crippen LogP contribution in [0, 0.1) is 0 Å². The highest BCUT2D eigenvalue weighted by Crippen LogP contribution is 2.26. The summed E-state index contributed by atoms with van der Waals surface area (Å²) >= 11 is 3.48. The molecule has 2 N–H and O–H groups in total. The lowest BCUT2D eigenvalue weighted by molar-refractivity contribution is 0.320. The fourth-order valence-corrected chi connectivity index (χ4v) is 2.21. The summed E-state index contributed by atoms with van der Waals surface area (Å²) in [5, 5.41) is 4.12. The summed E-state index contributed by atoms with van der Waals surface area (Å²) < 4.78 is 8.46. The van der Waals surface area contributed by atoms with Crippen LogP contribution < -0.4 is 10.5 Å². The van der Waals surface area contributed by atoms with E-state index < -0.39 is 0 Å². The Morgan fingerprint density at radius 2 is 2.22 bits per heavy atom. The van der Waals surface area contributed by atoms with Crippen LogP contribution in [0.3, 0.4) is 0 Å². The van der Waals surface area contributed by atoms with Crippen LogP contribution in [0.1, 0.15) is 11.1 Å². The third kappa shape index (κ3) is 3.34. The molecule has 0 saturated heterocycles. The first-order chi connectivity index (χ1) is 8.69. The number of nitrogens with two attached hydrogens (primary N) is 1. The van der Waals surface area contributed by atoms with Gasteiger partial charge in [0.2, 0.25) is 0 Å². The Kier molecular flexibility index (Phi) is 4.38. The number of ether oxygens (including phenoxy) is 1. The molecule has 0 aliphatic rings. The molecule has 4 nitrogen and oxygen atoms in total. The summed E-state index contributed by atoms with van der Waals surface area (Å²) in [6, 6.07) is 5.90. The molecule has 0 aliphatic heterocycles. The molecule has 0 spiro atoms. The molecule has 5 heteroatoms. The van der Waals surface area contributed by atoms with Gasteiger partial charge in [-0.25, -0.2) is 0 Å². The van der Waals surface area contributed by atoms with Gasteiger partial charge in [-0.1, -0.05) is 6.07 Å². The zero-order valence-electron chi connectivity index (χ0n) is 10.3. The number of aryl methyl sites for hydroxylation is 1. The molecule has 1 heterocycles. The highest BCUT2D eigenvalue weighted by molar-refractivity contribution is 9.10. The summed E-state index contributed by atoms with van der Waals surface area (Å²) in [6.45, 7) is 1.17. The van der Waals surface area contributed by atoms with Crippen molar-refractivity contribution in [3.05, 3.63) is 46.2 Å². The predicted molar refractivity (Wildman–Crippen MR) is 74.4 cm³/mol. The van der Waals surface area contributed by atoms with Crippen molar-refractivity contribution in [2.45, 2.75) is 13.0 Å². The lowest BCUT2D eigenvalue weighted by atomic mass is 10.2. The zero-order valence-corrected chi connectivity index (χ0v) is 11.9. The molecule has 18 heavy (non-hydrogen) atoms. The van der Waals surface area contributed by atoms with Gasteiger partial charge in [-0.2, -0.15) is 5.10 Å². The SMILES string of the molecule is Cn1cc(CCOc2ccc(CN)cc2Br)cn1. The van der Waals surface area contributed by atoms with Gasteiger partial charge in [-0.15, -0.1) is 0 Å². The van der Waals surface area contributed by atoms with Gasteiger partial charge in [0, 0.05) is 26.2 Å². The topological polar surface area (TPSA) is 53.1 Å². The highest BCUT2D eigenvalue weighted by Gasteiger charge is 2.03. The number of halogens is 1. The molecule has 0 fully saturated rings. The molecule has 96 valence electrons. The zero-order chi connectivity index (χ0) is 13.0. The van der Waals surface area contributed by atoms with E-state index in [2.05, 4.69) is 21.0 Å². The van der Waals surface area contributed by atoms with Gasteiger partial charge >= 0.3 is 0 Å². The van der Waals surface area contributed by atoms with Crippen molar-refractivity contribution in [3.8, 4) is 5.75 Å². The van der Waals surface area contributed by atoms with Crippen molar-refractivity contribution in [3.63, 3.8) is 0 Å². The largest absolute Gasteiger partial charge is 0.492 e. The van der Waals surface area contributed by atoms with Crippen LogP contribution in [0.2, 0.25) is 0 Å². The van der Waals surface area contributed by atoms with Crippen LogP contribution in [-0.4, -0.2) is 16.4 Å². The van der Waals surface area contributed by atoms with E-state index in [1.54, 1.807) is 4.68 Å². The fourth-order valence-electron chi connectivity index (χ4n) is 1.67. The second-order valence-corrected chi connectivity index (χ2v) is 4.94. The predicted octanol–water partition coefficient (Wildman–Crippen LogP) is 2.26. The molecule has 2 rings (SSSR count). The Balaban J connectivity index is 1.90. The van der Waals surface area contributed by atoms with Crippen molar-refractivity contribution in [1.29, 1.82) is 0 Å². The van der Waals surface area contributed by atoms with Gasteiger partial charge in [0.25, 0.3) is 0 Å². The summed E-state index contributed by atoms with van der Waals surface area (Å²) in [6.07, 6.45) is 4.70. The van der Waals surface area contributed by atoms with E-state index >= 15 is 0 Å². The Morgan fingerprint density at radius 3 is 2.83 bits per heavy atom. The Bertz CT molecular complexity index is 525. The van der Waals surface area contributed by atoms with Crippen molar-refractivity contribution in [2.75, 3.05) is 6.61 Å². The van der Waals surface area contributed by atoms with Gasteiger partial charge in [0.05, 0.1) is 17.3 Å². The van der Waals surface area contributed by atoms with Gasteiger partial charge in [-0.3, -0.25) is 4.68 Å². The van der Waals surface area contributed by atoms with Crippen molar-refractivity contribution in [1.82, 2.24) is 9.78 Å². The van der Waals surface area contributed by atoms with E-state index in [4.69, 9.17) is 10.5 Å². The lowest BCUT2D eigenvalue weighted by Crippen LogP contribution is -2.02. The minimum Gasteiger partial charge on any atom is -0.492 e. The number of rotatable bonds is 5. The molecule has 0 bridgehead atoms. The van der Waals surface area contributed by atoms with E-state index in [0.717, 1.165) is 22.2 Å². The number of aromatic nitrogens is 2. The van der Waals surface area contributed by atoms with Crippen molar-refractivity contribution < 1.29 is 4.74 Å². The molecule has 2 aromatic rings. The van der Waals surface area contributed by atoms with Gasteiger partial charge in [0.15, 0.2) is 0 Å². The van der Waals surface area contributed by atoms with E-state index in [-0.39, 0.29) is 0 Å². The molecular weight excluding hydrogens is 294 g/mol. The quantitative estimate of drug-likeness (QED) is 0.921. The minimum absolute atomic E-state index is 0.536. The number of hydrogen-bond donors (Lipinski definition) is 1. The molecular formula is C13H16BrN3O. The monoisotopic (exact) mass is 309 g/mol. The minimum atomic E-state index is 0.536. The summed E-state index contributed by atoms with van der Waals surface area (Å²) in [4.78, 5) is 0. The molecule has 1 aromatic heterocycles. The van der Waals surface area contributed by atoms with Gasteiger partial charge in [-0.05, 0) is 39.2 Å². The van der Waals surface area contributed by atoms with E-state index in [0.29, 0.717) is 13.2 Å². The summed E-state index contributed by atoms with van der Waals surface area (Å²) in [7, 11) is 1.91. The van der Waals surface area contributed by atoms with Crippen LogP contribution in [0.5, 0.6) is 5.75 Å². The smallest absolute Gasteiger partial charge is 0.133 e. The number of hydrogen-bond acceptors (Lipinski definition) is 3. The lowest BCUT2D eigenvalue weighted by Gasteiger charge is -2.08.